The molecule has 0 saturated carbocycles. The van der Waals surface area contributed by atoms with Gasteiger partial charge in [-0.25, -0.2) is 0 Å². The van der Waals surface area contributed by atoms with Crippen molar-refractivity contribution in [2.24, 2.45) is 0 Å². The molecule has 2 aromatic carbocycles. The summed E-state index contributed by atoms with van der Waals surface area (Å²) in [6, 6.07) is 15.4. The summed E-state index contributed by atoms with van der Waals surface area (Å²) in [5.41, 5.74) is 1.48. The van der Waals surface area contributed by atoms with Crippen molar-refractivity contribution in [3.8, 4) is 0 Å². The van der Waals surface area contributed by atoms with E-state index in [1.54, 1.807) is 11.3 Å². The van der Waals surface area contributed by atoms with Crippen molar-refractivity contribution in [2.45, 2.75) is 0 Å². The number of benzene rings is 2. The van der Waals surface area contributed by atoms with E-state index in [1.807, 2.05) is 53.9 Å². The zero-order valence-electron chi connectivity index (χ0n) is 9.39. The Labute approximate surface area is 117 Å². The largest absolute Gasteiger partial charge is 0.289 e. The molecule has 0 aliphatic rings. The van der Waals surface area contributed by atoms with Crippen LogP contribution >= 0.6 is 27.3 Å². The van der Waals surface area contributed by atoms with E-state index in [0.717, 1.165) is 20.1 Å². The van der Waals surface area contributed by atoms with Gasteiger partial charge in [0.05, 0.1) is 0 Å². The average molecular weight is 317 g/mol. The molecule has 88 valence electrons. The molecule has 1 aromatic heterocycles. The minimum Gasteiger partial charge on any atom is -0.289 e. The van der Waals surface area contributed by atoms with Gasteiger partial charge >= 0.3 is 0 Å². The Morgan fingerprint density at radius 1 is 0.944 bits per heavy atom. The van der Waals surface area contributed by atoms with E-state index in [-0.39, 0.29) is 5.78 Å². The SMILES string of the molecule is O=C(c1ccccc1Br)c1cccc2ccsc12. The number of rotatable bonds is 2. The zero-order valence-corrected chi connectivity index (χ0v) is 11.8. The number of fused-ring (bicyclic) bond motifs is 1. The summed E-state index contributed by atoms with van der Waals surface area (Å²) in [4.78, 5) is 12.6. The lowest BCUT2D eigenvalue weighted by molar-refractivity contribution is 0.103. The monoisotopic (exact) mass is 316 g/mol. The normalized spacial score (nSPS) is 10.7. The number of ketones is 1. The maximum Gasteiger partial charge on any atom is 0.195 e. The van der Waals surface area contributed by atoms with Gasteiger partial charge in [0.15, 0.2) is 5.78 Å². The fraction of sp³-hybridized carbons (Fsp3) is 0. The quantitative estimate of drug-likeness (QED) is 0.615. The highest BCUT2D eigenvalue weighted by Crippen LogP contribution is 2.28. The molecule has 0 saturated heterocycles. The van der Waals surface area contributed by atoms with Crippen molar-refractivity contribution in [2.75, 3.05) is 0 Å². The highest BCUT2D eigenvalue weighted by atomic mass is 79.9. The van der Waals surface area contributed by atoms with Crippen LogP contribution in [0.15, 0.2) is 58.4 Å². The van der Waals surface area contributed by atoms with Crippen LogP contribution < -0.4 is 0 Å². The molecule has 0 atom stereocenters. The Kier molecular flexibility index (Phi) is 3.02. The summed E-state index contributed by atoms with van der Waals surface area (Å²) in [6.07, 6.45) is 0. The molecule has 3 heteroatoms. The second-order valence-corrected chi connectivity index (χ2v) is 5.72. The summed E-state index contributed by atoms with van der Waals surface area (Å²) in [5.74, 6) is 0.0653. The number of thiophene rings is 1. The molecule has 0 radical (unpaired) electrons. The Bertz CT molecular complexity index is 730. The highest BCUT2D eigenvalue weighted by molar-refractivity contribution is 9.10. The van der Waals surface area contributed by atoms with Gasteiger partial charge in [0.2, 0.25) is 0 Å². The Morgan fingerprint density at radius 2 is 1.72 bits per heavy atom. The standard InChI is InChI=1S/C15H9BrOS/c16-13-7-2-1-5-11(13)14(17)12-6-3-4-10-8-9-18-15(10)12/h1-9H. The Morgan fingerprint density at radius 3 is 2.56 bits per heavy atom. The van der Waals surface area contributed by atoms with E-state index in [0.29, 0.717) is 5.56 Å². The third-order valence-electron chi connectivity index (χ3n) is 2.84. The van der Waals surface area contributed by atoms with E-state index >= 15 is 0 Å². The van der Waals surface area contributed by atoms with Gasteiger partial charge in [0.25, 0.3) is 0 Å². The van der Waals surface area contributed by atoms with E-state index in [9.17, 15) is 4.79 Å². The third kappa shape index (κ3) is 1.89. The van der Waals surface area contributed by atoms with Crippen molar-refractivity contribution in [1.82, 2.24) is 0 Å². The van der Waals surface area contributed by atoms with Crippen LogP contribution in [0.3, 0.4) is 0 Å². The molecule has 0 amide bonds. The van der Waals surface area contributed by atoms with Gasteiger partial charge < -0.3 is 0 Å². The Hall–Kier alpha value is -1.45. The predicted molar refractivity (Wildman–Crippen MR) is 79.4 cm³/mol. The average Bonchev–Trinajstić information content (AvgIpc) is 2.86. The van der Waals surface area contributed by atoms with Crippen LogP contribution in [-0.2, 0) is 0 Å². The second-order valence-electron chi connectivity index (χ2n) is 3.95. The highest BCUT2D eigenvalue weighted by Gasteiger charge is 2.15. The van der Waals surface area contributed by atoms with Crippen molar-refractivity contribution < 1.29 is 4.79 Å². The maximum atomic E-state index is 12.6. The number of hydrogen-bond donors (Lipinski definition) is 0. The zero-order chi connectivity index (χ0) is 12.5. The first-order valence-corrected chi connectivity index (χ1v) is 7.20. The summed E-state index contributed by atoms with van der Waals surface area (Å²) < 4.78 is 1.89. The lowest BCUT2D eigenvalue weighted by Gasteiger charge is -2.04. The van der Waals surface area contributed by atoms with Crippen molar-refractivity contribution in [3.63, 3.8) is 0 Å². The predicted octanol–water partition coefficient (Wildman–Crippen LogP) is 4.89. The molecule has 3 aromatic rings. The first kappa shape index (κ1) is 11.6. The fourth-order valence-electron chi connectivity index (χ4n) is 1.96. The molecule has 0 N–H and O–H groups in total. The van der Waals surface area contributed by atoms with Gasteiger partial charge in [0.1, 0.15) is 0 Å². The van der Waals surface area contributed by atoms with Gasteiger partial charge in [-0.05, 0) is 35.0 Å². The van der Waals surface area contributed by atoms with Gasteiger partial charge in [-0.1, -0.05) is 40.2 Å². The minimum atomic E-state index is 0.0653. The van der Waals surface area contributed by atoms with Gasteiger partial charge in [-0.3, -0.25) is 4.79 Å². The second kappa shape index (κ2) is 4.67. The van der Waals surface area contributed by atoms with E-state index < -0.39 is 0 Å². The molecule has 3 rings (SSSR count). The van der Waals surface area contributed by atoms with Crippen LogP contribution in [0.25, 0.3) is 10.1 Å². The van der Waals surface area contributed by atoms with Gasteiger partial charge in [0, 0.05) is 20.3 Å². The number of hydrogen-bond acceptors (Lipinski definition) is 2. The Balaban J connectivity index is 2.18. The summed E-state index contributed by atoms with van der Waals surface area (Å²) in [5, 5.41) is 3.14. The number of carbonyl (C=O) groups excluding carboxylic acids is 1. The summed E-state index contributed by atoms with van der Waals surface area (Å²) in [7, 11) is 0. The van der Waals surface area contributed by atoms with Crippen LogP contribution in [0, 0.1) is 0 Å². The van der Waals surface area contributed by atoms with Crippen LogP contribution in [0.2, 0.25) is 0 Å². The van der Waals surface area contributed by atoms with Crippen LogP contribution in [0.1, 0.15) is 15.9 Å². The summed E-state index contributed by atoms with van der Waals surface area (Å²) >= 11 is 5.04. The van der Waals surface area contributed by atoms with Crippen molar-refractivity contribution in [1.29, 1.82) is 0 Å². The van der Waals surface area contributed by atoms with Crippen LogP contribution in [0.5, 0.6) is 0 Å². The molecule has 0 spiro atoms. The molecule has 0 bridgehead atoms. The van der Waals surface area contributed by atoms with Crippen molar-refractivity contribution in [3.05, 3.63) is 69.5 Å². The lowest BCUT2D eigenvalue weighted by atomic mass is 10.0. The van der Waals surface area contributed by atoms with E-state index in [2.05, 4.69) is 15.9 Å². The molecule has 0 aliphatic carbocycles. The third-order valence-corrected chi connectivity index (χ3v) is 4.50. The maximum absolute atomic E-state index is 12.6. The van der Waals surface area contributed by atoms with Gasteiger partial charge in [-0.2, -0.15) is 0 Å². The van der Waals surface area contributed by atoms with E-state index in [4.69, 9.17) is 0 Å². The molecule has 1 nitrogen and oxygen atoms in total. The smallest absolute Gasteiger partial charge is 0.195 e. The number of halogens is 1. The molecule has 0 fully saturated rings. The van der Waals surface area contributed by atoms with Gasteiger partial charge in [-0.15, -0.1) is 11.3 Å². The first-order valence-electron chi connectivity index (χ1n) is 5.53. The van der Waals surface area contributed by atoms with E-state index in [1.165, 1.54) is 0 Å². The first-order chi connectivity index (χ1) is 8.77. The molecular formula is C15H9BrOS. The summed E-state index contributed by atoms with van der Waals surface area (Å²) in [6.45, 7) is 0. The molecule has 0 unspecified atom stereocenters. The van der Waals surface area contributed by atoms with Crippen LogP contribution in [0.4, 0.5) is 0 Å². The molecule has 18 heavy (non-hydrogen) atoms. The molecule has 0 aliphatic heterocycles. The number of carbonyl (C=O) groups is 1. The molecule has 1 heterocycles. The lowest BCUT2D eigenvalue weighted by Crippen LogP contribution is -2.02. The van der Waals surface area contributed by atoms with Crippen LogP contribution in [-0.4, -0.2) is 5.78 Å². The van der Waals surface area contributed by atoms with Crippen molar-refractivity contribution >= 4 is 43.1 Å². The topological polar surface area (TPSA) is 17.1 Å². The minimum absolute atomic E-state index is 0.0653. The fourth-order valence-corrected chi connectivity index (χ4v) is 3.34. The molecular weight excluding hydrogens is 308 g/mol.